The average molecular weight is 545 g/mol. The Balaban J connectivity index is 1.50. The van der Waals surface area contributed by atoms with Gasteiger partial charge in [-0.15, -0.1) is 0 Å². The molecule has 2 aromatic heterocycles. The van der Waals surface area contributed by atoms with Crippen LogP contribution in [0.4, 0.5) is 0 Å². The molecule has 1 aliphatic heterocycles. The topological polar surface area (TPSA) is 26.9 Å². The van der Waals surface area contributed by atoms with Gasteiger partial charge in [-0.25, -0.2) is 4.21 Å². The Morgan fingerprint density at radius 3 is 1.66 bits per heavy atom. The van der Waals surface area contributed by atoms with Gasteiger partial charge in [-0.1, -0.05) is 109 Å². The molecule has 0 bridgehead atoms. The molecular weight excluding hydrogens is 520 g/mol. The minimum Gasteiger partial charge on any atom is -0.306 e. The third kappa shape index (κ3) is 2.97. The Labute approximate surface area is 237 Å². The number of rotatable bonds is 2. The zero-order valence-corrected chi connectivity index (χ0v) is 22.9. The van der Waals surface area contributed by atoms with E-state index in [0.717, 1.165) is 65.5 Å². The van der Waals surface area contributed by atoms with Crippen LogP contribution in [0.15, 0.2) is 138 Å². The molecule has 0 N–H and O–H groups in total. The van der Waals surface area contributed by atoms with E-state index in [4.69, 9.17) is 0 Å². The molecule has 0 saturated heterocycles. The van der Waals surface area contributed by atoms with E-state index >= 15 is 4.21 Å². The lowest BCUT2D eigenvalue weighted by atomic mass is 10.0. The van der Waals surface area contributed by atoms with Gasteiger partial charge in [0, 0.05) is 21.5 Å². The van der Waals surface area contributed by atoms with Gasteiger partial charge in [-0.2, -0.15) is 0 Å². The Bertz CT molecular complexity index is 2470. The van der Waals surface area contributed by atoms with Crippen molar-refractivity contribution < 1.29 is 4.21 Å². The highest BCUT2D eigenvalue weighted by atomic mass is 32.2. The summed E-state index contributed by atoms with van der Waals surface area (Å²) in [7, 11) is -2.93. The predicted molar refractivity (Wildman–Crippen MR) is 174 cm³/mol. The van der Waals surface area contributed by atoms with Crippen molar-refractivity contribution in [1.82, 2.24) is 8.54 Å². The molecule has 1 atom stereocenters. The maximum absolute atomic E-state index is 15.1. The number of para-hydroxylation sites is 1. The minimum atomic E-state index is -2.93. The summed E-state index contributed by atoms with van der Waals surface area (Å²) in [5.41, 5.74) is 9.53. The second-order valence-electron chi connectivity index (χ2n) is 10.8. The molecular formula is C37H24N2OS. The minimum absolute atomic E-state index is 0.740. The van der Waals surface area contributed by atoms with E-state index in [1.165, 1.54) is 10.9 Å². The molecule has 6 aromatic carbocycles. The first kappa shape index (κ1) is 22.7. The van der Waals surface area contributed by atoms with E-state index in [-0.39, 0.29) is 0 Å². The number of benzene rings is 6. The van der Waals surface area contributed by atoms with Crippen LogP contribution in [0.1, 0.15) is 0 Å². The number of nitrogens with zero attached hydrogens (tertiary/aromatic N) is 2. The van der Waals surface area contributed by atoms with Crippen molar-refractivity contribution in [2.75, 3.05) is 0 Å². The van der Waals surface area contributed by atoms with Gasteiger partial charge in [0.2, 0.25) is 0 Å². The summed E-state index contributed by atoms with van der Waals surface area (Å²) >= 11 is 0. The van der Waals surface area contributed by atoms with Crippen LogP contribution in [0.2, 0.25) is 0 Å². The Hall–Kier alpha value is -5.06. The van der Waals surface area contributed by atoms with Gasteiger partial charge in [-0.05, 0) is 52.4 Å². The molecule has 3 nitrogen and oxygen atoms in total. The summed E-state index contributed by atoms with van der Waals surface area (Å²) in [6.07, 6.45) is 0. The van der Waals surface area contributed by atoms with Gasteiger partial charge >= 0.3 is 0 Å². The van der Waals surface area contributed by atoms with Gasteiger partial charge in [0.05, 0.1) is 42.4 Å². The van der Waals surface area contributed by atoms with E-state index in [9.17, 15) is 0 Å². The van der Waals surface area contributed by atoms with Gasteiger partial charge in [0.15, 0.2) is 0 Å². The number of fused-ring (bicyclic) bond motifs is 8. The predicted octanol–water partition coefficient (Wildman–Crippen LogP) is 9.08. The van der Waals surface area contributed by atoms with E-state index in [0.29, 0.717) is 0 Å². The molecule has 9 rings (SSSR count). The molecule has 0 saturated carbocycles. The number of aromatic nitrogens is 2. The highest BCUT2D eigenvalue weighted by molar-refractivity contribution is 7.99. The van der Waals surface area contributed by atoms with Crippen LogP contribution >= 0.6 is 0 Å². The molecule has 1 unspecified atom stereocenters. The van der Waals surface area contributed by atoms with Crippen molar-refractivity contribution >= 4 is 59.2 Å². The van der Waals surface area contributed by atoms with Crippen molar-refractivity contribution in [3.05, 3.63) is 133 Å². The average Bonchev–Trinajstić information content (AvgIpc) is 3.51. The lowest BCUT2D eigenvalue weighted by Gasteiger charge is -2.16. The molecule has 41 heavy (non-hydrogen) atoms. The first-order valence-corrected chi connectivity index (χ1v) is 15.4. The first-order valence-electron chi connectivity index (χ1n) is 13.7. The molecule has 194 valence electrons. The van der Waals surface area contributed by atoms with Gasteiger partial charge in [-0.3, -0.25) is 3.97 Å². The number of hydrogen-bond acceptors (Lipinski definition) is 1. The Kier molecular flexibility index (Phi) is 4.43. The summed E-state index contributed by atoms with van der Waals surface area (Å²) in [6.45, 7) is 0. The molecule has 8 aromatic rings. The summed E-state index contributed by atoms with van der Waals surface area (Å²) in [5.74, 6) is 4.45. The fraction of sp³-hybridized carbons (Fsp3) is 0. The second kappa shape index (κ2) is 8.00. The van der Waals surface area contributed by atoms with Crippen LogP contribution in [0.3, 0.4) is 0 Å². The van der Waals surface area contributed by atoms with E-state index in [1.807, 2.05) is 34.3 Å². The van der Waals surface area contributed by atoms with Crippen molar-refractivity contribution in [1.29, 1.82) is 0 Å². The van der Waals surface area contributed by atoms with Crippen LogP contribution in [-0.4, -0.2) is 18.6 Å². The van der Waals surface area contributed by atoms with E-state index < -0.39 is 9.71 Å². The summed E-state index contributed by atoms with van der Waals surface area (Å²) in [5, 5.41) is 4.49. The van der Waals surface area contributed by atoms with E-state index in [2.05, 4.69) is 114 Å². The van der Waals surface area contributed by atoms with Crippen molar-refractivity contribution in [3.8, 4) is 27.9 Å². The van der Waals surface area contributed by atoms with Crippen LogP contribution in [0.5, 0.6) is 0 Å². The Morgan fingerprint density at radius 1 is 0.488 bits per heavy atom. The SMILES string of the molecule is C=S1(=O)c2ccccc2-n2c3cc(-c4ccccc4)ccc3c3ccc4c5ccc(-c6ccccc6)cc5n1c4c32. The molecule has 4 heteroatoms. The lowest BCUT2D eigenvalue weighted by molar-refractivity contribution is 0.677. The quantitative estimate of drug-likeness (QED) is 0.199. The summed E-state index contributed by atoms with van der Waals surface area (Å²) < 4.78 is 19.4. The molecule has 0 radical (unpaired) electrons. The largest absolute Gasteiger partial charge is 0.306 e. The maximum Gasteiger partial charge on any atom is 0.0872 e. The maximum atomic E-state index is 15.1. The van der Waals surface area contributed by atoms with Crippen molar-refractivity contribution in [2.24, 2.45) is 0 Å². The summed E-state index contributed by atoms with van der Waals surface area (Å²) in [6, 6.07) is 46.5. The Morgan fingerprint density at radius 2 is 1.00 bits per heavy atom. The van der Waals surface area contributed by atoms with Gasteiger partial charge < -0.3 is 4.57 Å². The third-order valence-electron chi connectivity index (χ3n) is 8.57. The van der Waals surface area contributed by atoms with Crippen LogP contribution in [0, 0.1) is 0 Å². The lowest BCUT2D eigenvalue weighted by Crippen LogP contribution is -2.13. The number of hydrogen-bond donors (Lipinski definition) is 0. The smallest absolute Gasteiger partial charge is 0.0872 e. The van der Waals surface area contributed by atoms with Crippen molar-refractivity contribution in [2.45, 2.75) is 4.90 Å². The molecule has 0 amide bonds. The zero-order chi connectivity index (χ0) is 27.3. The monoisotopic (exact) mass is 544 g/mol. The molecule has 0 spiro atoms. The van der Waals surface area contributed by atoms with Crippen LogP contribution in [0.25, 0.3) is 71.6 Å². The normalized spacial score (nSPS) is 16.1. The fourth-order valence-electron chi connectivity index (χ4n) is 6.75. The third-order valence-corrected chi connectivity index (χ3v) is 10.6. The standard InChI is InChI=1S/C37H24N2OS/c1-41(40)35-15-9-8-14-32(35)38-33-22-26(24-10-4-2-5-11-24)16-18-28(33)30-20-21-31-29-19-17-27(25-12-6-3-7-13-25)23-34(29)39(41)37(31)36(30)38/h2-23H,1H2. The van der Waals surface area contributed by atoms with Crippen LogP contribution in [-0.2, 0) is 9.71 Å². The highest BCUT2D eigenvalue weighted by Gasteiger charge is 2.30. The van der Waals surface area contributed by atoms with Crippen LogP contribution < -0.4 is 0 Å². The summed E-state index contributed by atoms with van der Waals surface area (Å²) in [4.78, 5) is 0.740. The molecule has 3 heterocycles. The zero-order valence-electron chi connectivity index (χ0n) is 22.1. The fourth-order valence-corrected chi connectivity index (χ4v) is 8.67. The highest BCUT2D eigenvalue weighted by Crippen LogP contribution is 2.46. The second-order valence-corrected chi connectivity index (χ2v) is 12.9. The van der Waals surface area contributed by atoms with Gasteiger partial charge in [0.25, 0.3) is 0 Å². The van der Waals surface area contributed by atoms with E-state index in [1.54, 1.807) is 0 Å². The molecule has 0 aliphatic carbocycles. The van der Waals surface area contributed by atoms with Crippen molar-refractivity contribution in [3.63, 3.8) is 0 Å². The molecule has 1 aliphatic rings. The molecule has 0 fully saturated rings. The first-order chi connectivity index (χ1) is 20.1. The van der Waals surface area contributed by atoms with Gasteiger partial charge in [0.1, 0.15) is 0 Å².